The van der Waals surface area contributed by atoms with Crippen LogP contribution in [0.15, 0.2) is 4.99 Å². The molecule has 0 aromatic carbocycles. The Bertz CT molecular complexity index is 246. The van der Waals surface area contributed by atoms with Crippen molar-refractivity contribution >= 4 is 16.4 Å². The van der Waals surface area contributed by atoms with Gasteiger partial charge in [0.05, 0.1) is 6.04 Å². The Kier molecular flexibility index (Phi) is 8.40. The van der Waals surface area contributed by atoms with Crippen LogP contribution < -0.4 is 11.5 Å². The van der Waals surface area contributed by atoms with Crippen molar-refractivity contribution in [2.45, 2.75) is 32.7 Å². The molecule has 0 spiro atoms. The Morgan fingerprint density at radius 2 is 1.57 bits per heavy atom. The lowest BCUT2D eigenvalue weighted by Crippen LogP contribution is -2.25. The molecule has 0 amide bonds. The van der Waals surface area contributed by atoms with Gasteiger partial charge in [-0.3, -0.25) is 14.1 Å². The van der Waals surface area contributed by atoms with E-state index in [2.05, 4.69) is 18.8 Å². The van der Waals surface area contributed by atoms with E-state index < -0.39 is 10.4 Å². The summed E-state index contributed by atoms with van der Waals surface area (Å²) in [6.07, 6.45) is 2.02. The van der Waals surface area contributed by atoms with Crippen LogP contribution in [0, 0.1) is 0 Å². The second-order valence-corrected chi connectivity index (χ2v) is 3.37. The summed E-state index contributed by atoms with van der Waals surface area (Å²) in [5, 5.41) is 0. The number of hydrogen-bond donors (Lipinski definition) is 4. The van der Waals surface area contributed by atoms with E-state index in [4.69, 9.17) is 29.0 Å². The summed E-state index contributed by atoms with van der Waals surface area (Å²) in [5.74, 6) is 0.198. The van der Waals surface area contributed by atoms with Gasteiger partial charge in [0.15, 0.2) is 5.96 Å². The van der Waals surface area contributed by atoms with Gasteiger partial charge in [-0.1, -0.05) is 13.8 Å². The van der Waals surface area contributed by atoms with Gasteiger partial charge < -0.3 is 11.5 Å². The average Bonchev–Trinajstić information content (AvgIpc) is 1.96. The van der Waals surface area contributed by atoms with E-state index >= 15 is 0 Å². The Morgan fingerprint density at radius 3 is 1.64 bits per heavy atom. The molecule has 0 bridgehead atoms. The fraction of sp³-hybridized carbons (Fsp3) is 0.833. The Morgan fingerprint density at radius 1 is 1.29 bits per heavy atom. The highest BCUT2D eigenvalue weighted by Gasteiger charge is 1.97. The van der Waals surface area contributed by atoms with Crippen LogP contribution in [-0.4, -0.2) is 29.5 Å². The van der Waals surface area contributed by atoms with Gasteiger partial charge >= 0.3 is 10.4 Å². The minimum absolute atomic E-state index is 0.198. The monoisotopic (exact) mass is 227 g/mol. The molecule has 0 unspecified atom stereocenters. The molecule has 0 fully saturated rings. The summed E-state index contributed by atoms with van der Waals surface area (Å²) >= 11 is 0. The maximum Gasteiger partial charge on any atom is 0.394 e. The number of aliphatic imine (C=N–C) groups is 1. The lowest BCUT2D eigenvalue weighted by Gasteiger charge is -2.04. The number of guanidine groups is 1. The molecule has 0 saturated heterocycles. The highest BCUT2D eigenvalue weighted by atomic mass is 32.3. The highest BCUT2D eigenvalue weighted by Crippen LogP contribution is 2.00. The predicted molar refractivity (Wildman–Crippen MR) is 54.4 cm³/mol. The molecule has 0 saturated carbocycles. The van der Waals surface area contributed by atoms with Crippen molar-refractivity contribution in [1.29, 1.82) is 0 Å². The van der Waals surface area contributed by atoms with Gasteiger partial charge in [-0.15, -0.1) is 0 Å². The number of rotatable bonds is 3. The highest BCUT2D eigenvalue weighted by molar-refractivity contribution is 7.79. The van der Waals surface area contributed by atoms with Crippen LogP contribution in [0.5, 0.6) is 0 Å². The largest absolute Gasteiger partial charge is 0.394 e. The first kappa shape index (κ1) is 15.6. The molecular formula is C6H17N3O4S. The van der Waals surface area contributed by atoms with E-state index in [9.17, 15) is 0 Å². The molecule has 0 heterocycles. The van der Waals surface area contributed by atoms with E-state index in [0.717, 1.165) is 12.8 Å². The first-order chi connectivity index (χ1) is 6.20. The van der Waals surface area contributed by atoms with Crippen LogP contribution in [0.3, 0.4) is 0 Å². The third-order valence-electron chi connectivity index (χ3n) is 1.27. The number of nitrogens with zero attached hydrogens (tertiary/aromatic N) is 1. The molecule has 0 aliphatic heterocycles. The maximum absolute atomic E-state index is 8.74. The standard InChI is InChI=1S/C6H15N3.H2O4S/c1-3-5(4-2)9-6(7)8;1-5(2,3)4/h5H,3-4H2,1-2H3,(H4,7,8,9);(H2,1,2,3,4). The van der Waals surface area contributed by atoms with Crippen LogP contribution in [0.25, 0.3) is 0 Å². The molecule has 86 valence electrons. The molecule has 0 aliphatic carbocycles. The smallest absolute Gasteiger partial charge is 0.370 e. The topological polar surface area (TPSA) is 139 Å². The lowest BCUT2D eigenvalue weighted by molar-refractivity contribution is 0.381. The molecule has 0 aromatic rings. The summed E-state index contributed by atoms with van der Waals surface area (Å²) < 4.78 is 31.6. The fourth-order valence-corrected chi connectivity index (χ4v) is 0.682. The third-order valence-corrected chi connectivity index (χ3v) is 1.27. The van der Waals surface area contributed by atoms with E-state index in [1.165, 1.54) is 0 Å². The van der Waals surface area contributed by atoms with Crippen molar-refractivity contribution in [2.24, 2.45) is 16.5 Å². The van der Waals surface area contributed by atoms with Gasteiger partial charge in [0.1, 0.15) is 0 Å². The second kappa shape index (κ2) is 7.54. The third kappa shape index (κ3) is 22.5. The zero-order chi connectivity index (χ0) is 11.8. The van der Waals surface area contributed by atoms with Gasteiger partial charge in [0.25, 0.3) is 0 Å². The van der Waals surface area contributed by atoms with Gasteiger partial charge in [-0.05, 0) is 12.8 Å². The summed E-state index contributed by atoms with van der Waals surface area (Å²) in [7, 11) is -4.67. The fourth-order valence-electron chi connectivity index (χ4n) is 0.682. The van der Waals surface area contributed by atoms with Gasteiger partial charge in [-0.25, -0.2) is 0 Å². The molecule has 14 heavy (non-hydrogen) atoms. The Labute approximate surface area is 83.8 Å². The van der Waals surface area contributed by atoms with Crippen LogP contribution in [0.2, 0.25) is 0 Å². The molecule has 0 rings (SSSR count). The van der Waals surface area contributed by atoms with Crippen LogP contribution in [0.1, 0.15) is 26.7 Å². The van der Waals surface area contributed by atoms with E-state index in [-0.39, 0.29) is 5.96 Å². The van der Waals surface area contributed by atoms with Crippen LogP contribution in [0.4, 0.5) is 0 Å². The van der Waals surface area contributed by atoms with E-state index in [1.807, 2.05) is 0 Å². The SMILES string of the molecule is CCC(CC)N=C(N)N.O=S(=O)(O)O. The normalized spacial score (nSPS) is 10.4. The molecule has 0 atom stereocenters. The Hall–Kier alpha value is -0.860. The van der Waals surface area contributed by atoms with Crippen LogP contribution in [-0.2, 0) is 10.4 Å². The quantitative estimate of drug-likeness (QED) is 0.299. The maximum atomic E-state index is 8.74. The van der Waals surface area contributed by atoms with Crippen molar-refractivity contribution in [2.75, 3.05) is 0 Å². The first-order valence-electron chi connectivity index (χ1n) is 3.99. The van der Waals surface area contributed by atoms with Gasteiger partial charge in [-0.2, -0.15) is 8.42 Å². The lowest BCUT2D eigenvalue weighted by atomic mass is 10.2. The summed E-state index contributed by atoms with van der Waals surface area (Å²) in [6, 6.07) is 0.315. The molecule has 7 nitrogen and oxygen atoms in total. The minimum atomic E-state index is -4.67. The van der Waals surface area contributed by atoms with E-state index in [0.29, 0.717) is 6.04 Å². The van der Waals surface area contributed by atoms with Crippen LogP contribution >= 0.6 is 0 Å². The van der Waals surface area contributed by atoms with Crippen molar-refractivity contribution in [3.63, 3.8) is 0 Å². The molecule has 0 radical (unpaired) electrons. The summed E-state index contributed by atoms with van der Waals surface area (Å²) in [6.45, 7) is 4.14. The molecule has 6 N–H and O–H groups in total. The molecule has 8 heteroatoms. The first-order valence-corrected chi connectivity index (χ1v) is 5.39. The van der Waals surface area contributed by atoms with Crippen molar-refractivity contribution in [3.8, 4) is 0 Å². The summed E-state index contributed by atoms with van der Waals surface area (Å²) in [5.41, 5.74) is 10.3. The van der Waals surface area contributed by atoms with Crippen molar-refractivity contribution < 1.29 is 17.5 Å². The average molecular weight is 227 g/mol. The predicted octanol–water partition coefficient (Wildman–Crippen LogP) is -0.204. The molecular weight excluding hydrogens is 210 g/mol. The van der Waals surface area contributed by atoms with Gasteiger partial charge in [0.2, 0.25) is 0 Å². The molecule has 0 aliphatic rings. The Balaban J connectivity index is 0. The second-order valence-electron chi connectivity index (χ2n) is 2.47. The minimum Gasteiger partial charge on any atom is -0.370 e. The number of hydrogen-bond acceptors (Lipinski definition) is 3. The summed E-state index contributed by atoms with van der Waals surface area (Å²) in [4.78, 5) is 3.99. The zero-order valence-corrected chi connectivity index (χ0v) is 9.03. The van der Waals surface area contributed by atoms with Crippen molar-refractivity contribution in [3.05, 3.63) is 0 Å². The molecule has 0 aromatic heterocycles. The van der Waals surface area contributed by atoms with Crippen molar-refractivity contribution in [1.82, 2.24) is 0 Å². The zero-order valence-electron chi connectivity index (χ0n) is 8.21. The van der Waals surface area contributed by atoms with Gasteiger partial charge in [0, 0.05) is 0 Å². The van der Waals surface area contributed by atoms with E-state index in [1.54, 1.807) is 0 Å². The number of nitrogens with two attached hydrogens (primary N) is 2.